The van der Waals surface area contributed by atoms with Crippen LogP contribution in [0.5, 0.6) is 11.5 Å². The molecule has 4 rings (SSSR count). The summed E-state index contributed by atoms with van der Waals surface area (Å²) >= 11 is 5.15. The van der Waals surface area contributed by atoms with Gasteiger partial charge in [0.05, 0.1) is 10.2 Å². The zero-order chi connectivity index (χ0) is 21.3. The molecule has 1 amide bonds. The van der Waals surface area contributed by atoms with E-state index >= 15 is 0 Å². The predicted octanol–water partition coefficient (Wildman–Crippen LogP) is 3.80. The van der Waals surface area contributed by atoms with Gasteiger partial charge >= 0.3 is 0 Å². The Kier molecular flexibility index (Phi) is 8.30. The number of rotatable bonds is 6. The SMILES string of the molecule is CNC(=O)c1cc(Oc2ccc3nc(NCC4CCCNC4)sc3c2)ccn1.CS. The van der Waals surface area contributed by atoms with Crippen LogP contribution in [0.2, 0.25) is 0 Å². The van der Waals surface area contributed by atoms with Crippen molar-refractivity contribution in [3.63, 3.8) is 0 Å². The summed E-state index contributed by atoms with van der Waals surface area (Å²) in [7, 11) is 1.58. The minimum atomic E-state index is -0.243. The average molecular weight is 446 g/mol. The Morgan fingerprint density at radius 2 is 2.13 bits per heavy atom. The highest BCUT2D eigenvalue weighted by atomic mass is 32.1. The normalized spacial score (nSPS) is 15.8. The number of nitrogens with zero attached hydrogens (tertiary/aromatic N) is 2. The number of pyridine rings is 1. The minimum absolute atomic E-state index is 0.243. The van der Waals surface area contributed by atoms with Crippen LogP contribution in [0.25, 0.3) is 10.2 Å². The van der Waals surface area contributed by atoms with Crippen LogP contribution in [0, 0.1) is 5.92 Å². The third-order valence-corrected chi connectivity index (χ3v) is 5.70. The maximum absolute atomic E-state index is 11.7. The lowest BCUT2D eigenvalue weighted by molar-refractivity contribution is 0.0958. The number of hydrogen-bond donors (Lipinski definition) is 4. The number of fused-ring (bicyclic) bond motifs is 1. The molecule has 0 radical (unpaired) electrons. The number of benzene rings is 1. The second-order valence-electron chi connectivity index (χ2n) is 6.80. The molecule has 9 heteroatoms. The van der Waals surface area contributed by atoms with Crippen molar-refractivity contribution in [1.82, 2.24) is 20.6 Å². The van der Waals surface area contributed by atoms with Gasteiger partial charge in [0.2, 0.25) is 0 Å². The molecule has 1 aliphatic rings. The van der Waals surface area contributed by atoms with Crippen molar-refractivity contribution < 1.29 is 9.53 Å². The van der Waals surface area contributed by atoms with Gasteiger partial charge in [-0.1, -0.05) is 11.3 Å². The van der Waals surface area contributed by atoms with Crippen LogP contribution in [-0.4, -0.2) is 48.8 Å². The van der Waals surface area contributed by atoms with Gasteiger partial charge in [-0.3, -0.25) is 9.78 Å². The van der Waals surface area contributed by atoms with E-state index < -0.39 is 0 Å². The van der Waals surface area contributed by atoms with E-state index in [0.717, 1.165) is 35.0 Å². The molecule has 2 aromatic heterocycles. The molecule has 7 nitrogen and oxygen atoms in total. The summed E-state index contributed by atoms with van der Waals surface area (Å²) in [4.78, 5) is 20.4. The van der Waals surface area contributed by atoms with Crippen molar-refractivity contribution in [3.8, 4) is 11.5 Å². The van der Waals surface area contributed by atoms with Crippen LogP contribution in [0.1, 0.15) is 23.3 Å². The first-order chi connectivity index (χ1) is 14.7. The quantitative estimate of drug-likeness (QED) is 0.432. The first-order valence-electron chi connectivity index (χ1n) is 9.87. The Labute approximate surface area is 186 Å². The zero-order valence-electron chi connectivity index (χ0n) is 17.1. The van der Waals surface area contributed by atoms with Crippen LogP contribution in [0.4, 0.5) is 5.13 Å². The molecular formula is C21H27N5O2S2. The number of anilines is 1. The van der Waals surface area contributed by atoms with Gasteiger partial charge in [-0.25, -0.2) is 4.98 Å². The highest BCUT2D eigenvalue weighted by molar-refractivity contribution is 7.79. The molecule has 160 valence electrons. The van der Waals surface area contributed by atoms with Crippen molar-refractivity contribution in [1.29, 1.82) is 0 Å². The first kappa shape index (κ1) is 22.3. The third-order valence-electron chi connectivity index (χ3n) is 4.73. The van der Waals surface area contributed by atoms with Crippen molar-refractivity contribution in [3.05, 3.63) is 42.2 Å². The summed E-state index contributed by atoms with van der Waals surface area (Å²) in [6.45, 7) is 3.14. The molecule has 1 aromatic carbocycles. The minimum Gasteiger partial charge on any atom is -0.457 e. The molecule has 30 heavy (non-hydrogen) atoms. The number of piperidine rings is 1. The van der Waals surface area contributed by atoms with Gasteiger partial charge in [-0.2, -0.15) is 12.6 Å². The second kappa shape index (κ2) is 11.1. The van der Waals surface area contributed by atoms with E-state index in [4.69, 9.17) is 4.74 Å². The van der Waals surface area contributed by atoms with Crippen LogP contribution in [-0.2, 0) is 0 Å². The molecule has 3 aromatic rings. The summed E-state index contributed by atoms with van der Waals surface area (Å²) in [5, 5.41) is 10.4. The number of thiazole rings is 1. The van der Waals surface area contributed by atoms with Gasteiger partial charge in [0.25, 0.3) is 5.91 Å². The number of aromatic nitrogens is 2. The lowest BCUT2D eigenvalue weighted by atomic mass is 10.00. The second-order valence-corrected chi connectivity index (χ2v) is 7.83. The van der Waals surface area contributed by atoms with Gasteiger partial charge in [0.1, 0.15) is 17.2 Å². The van der Waals surface area contributed by atoms with Crippen LogP contribution < -0.4 is 20.7 Å². The molecule has 3 N–H and O–H groups in total. The highest BCUT2D eigenvalue weighted by Gasteiger charge is 2.14. The molecule has 0 aliphatic carbocycles. The summed E-state index contributed by atoms with van der Waals surface area (Å²) in [5.41, 5.74) is 1.27. The largest absolute Gasteiger partial charge is 0.457 e. The first-order valence-corrected chi connectivity index (χ1v) is 11.6. The summed E-state index contributed by atoms with van der Waals surface area (Å²) in [6.07, 6.45) is 5.75. The molecule has 1 aliphatic heterocycles. The number of nitrogens with one attached hydrogen (secondary N) is 3. The van der Waals surface area contributed by atoms with Crippen molar-refractivity contribution in [2.45, 2.75) is 12.8 Å². The fourth-order valence-corrected chi connectivity index (χ4v) is 4.14. The van der Waals surface area contributed by atoms with E-state index in [1.54, 1.807) is 43.0 Å². The lowest BCUT2D eigenvalue weighted by Crippen LogP contribution is -2.33. The van der Waals surface area contributed by atoms with Gasteiger partial charge in [0, 0.05) is 31.9 Å². The molecule has 1 atom stereocenters. The topological polar surface area (TPSA) is 88.2 Å². The van der Waals surface area contributed by atoms with Gasteiger partial charge < -0.3 is 20.7 Å². The fourth-order valence-electron chi connectivity index (χ4n) is 3.24. The van der Waals surface area contributed by atoms with Crippen LogP contribution in [0.3, 0.4) is 0 Å². The van der Waals surface area contributed by atoms with Crippen molar-refractivity contribution in [2.24, 2.45) is 5.92 Å². The van der Waals surface area contributed by atoms with Crippen molar-refractivity contribution in [2.75, 3.05) is 38.3 Å². The highest BCUT2D eigenvalue weighted by Crippen LogP contribution is 2.31. The summed E-state index contributed by atoms with van der Waals surface area (Å²) in [6, 6.07) is 9.17. The molecule has 0 bridgehead atoms. The smallest absolute Gasteiger partial charge is 0.269 e. The van der Waals surface area contributed by atoms with E-state index in [2.05, 4.69) is 38.5 Å². The number of thiol groups is 1. The Morgan fingerprint density at radius 1 is 1.30 bits per heavy atom. The van der Waals surface area contributed by atoms with Gasteiger partial charge in [0.15, 0.2) is 5.13 Å². The number of carbonyl (C=O) groups excluding carboxylic acids is 1. The maximum atomic E-state index is 11.7. The van der Waals surface area contributed by atoms with E-state index in [1.165, 1.54) is 12.8 Å². The van der Waals surface area contributed by atoms with Gasteiger partial charge in [-0.15, -0.1) is 0 Å². The van der Waals surface area contributed by atoms with Crippen molar-refractivity contribution >= 4 is 45.2 Å². The number of hydrogen-bond acceptors (Lipinski definition) is 8. The molecule has 1 unspecified atom stereocenters. The number of amides is 1. The van der Waals surface area contributed by atoms with E-state index in [-0.39, 0.29) is 5.91 Å². The standard InChI is InChI=1S/C20H23N5O2S.CH4S/c1-21-19(26)17-9-15(6-8-23-17)27-14-4-5-16-18(10-14)28-20(25-16)24-12-13-3-2-7-22-11-13;1-2/h4-6,8-10,13,22H,2-3,7,11-12H2,1H3,(H,21,26)(H,24,25);2H,1H3. The molecule has 0 saturated carbocycles. The van der Waals surface area contributed by atoms with E-state index in [9.17, 15) is 4.79 Å². The molecule has 3 heterocycles. The molecule has 1 saturated heterocycles. The Hall–Kier alpha value is -2.36. The maximum Gasteiger partial charge on any atom is 0.269 e. The monoisotopic (exact) mass is 445 g/mol. The Bertz CT molecular complexity index is 973. The van der Waals surface area contributed by atoms with E-state index in [1.807, 2.05) is 18.2 Å². The predicted molar refractivity (Wildman–Crippen MR) is 126 cm³/mol. The fraction of sp³-hybridized carbons (Fsp3) is 0.381. The van der Waals surface area contributed by atoms with Crippen LogP contribution in [0.15, 0.2) is 36.5 Å². The zero-order valence-corrected chi connectivity index (χ0v) is 18.9. The average Bonchev–Trinajstić information content (AvgIpc) is 3.21. The number of carbonyl (C=O) groups is 1. The summed E-state index contributed by atoms with van der Waals surface area (Å²) < 4.78 is 6.97. The molecule has 1 fully saturated rings. The number of ether oxygens (including phenoxy) is 1. The molecular weight excluding hydrogens is 418 g/mol. The summed E-state index contributed by atoms with van der Waals surface area (Å²) in [5.74, 6) is 1.68. The third kappa shape index (κ3) is 5.84. The Balaban J connectivity index is 0.00000124. The van der Waals surface area contributed by atoms with E-state index in [0.29, 0.717) is 23.1 Å². The molecule has 0 spiro atoms. The Morgan fingerprint density at radius 3 is 2.90 bits per heavy atom. The van der Waals surface area contributed by atoms with Gasteiger partial charge in [-0.05, 0) is 56.3 Å². The van der Waals surface area contributed by atoms with Crippen LogP contribution >= 0.6 is 24.0 Å². The lowest BCUT2D eigenvalue weighted by Gasteiger charge is -2.22.